The van der Waals surface area contributed by atoms with E-state index in [2.05, 4.69) is 9.97 Å². The molecular formula is C22H26N6O3. The summed E-state index contributed by atoms with van der Waals surface area (Å²) in [5.41, 5.74) is 7.47. The first kappa shape index (κ1) is 20.8. The van der Waals surface area contributed by atoms with E-state index in [4.69, 9.17) is 5.73 Å². The lowest BCUT2D eigenvalue weighted by Gasteiger charge is -2.15. The van der Waals surface area contributed by atoms with Crippen molar-refractivity contribution in [1.82, 2.24) is 24.0 Å². The molecule has 9 nitrogen and oxygen atoms in total. The highest BCUT2D eigenvalue weighted by Crippen LogP contribution is 2.24. The predicted molar refractivity (Wildman–Crippen MR) is 117 cm³/mol. The van der Waals surface area contributed by atoms with Gasteiger partial charge in [0.2, 0.25) is 5.91 Å². The SMILES string of the molecule is Cc1ccc(-c2nc(C(N)=O)c3c(n2)n(C(C)C)c(=O)n3CC(=O)N2CCCC2)cc1. The van der Waals surface area contributed by atoms with Crippen LogP contribution in [0.3, 0.4) is 0 Å². The number of nitrogens with two attached hydrogens (primary N) is 1. The number of fused-ring (bicyclic) bond motifs is 1. The molecule has 2 aromatic heterocycles. The zero-order chi connectivity index (χ0) is 22.3. The van der Waals surface area contributed by atoms with E-state index < -0.39 is 11.6 Å². The highest BCUT2D eigenvalue weighted by Gasteiger charge is 2.27. The number of hydrogen-bond acceptors (Lipinski definition) is 5. The van der Waals surface area contributed by atoms with Crippen LogP contribution in [0.4, 0.5) is 0 Å². The number of carbonyl (C=O) groups is 2. The molecule has 2 N–H and O–H groups in total. The van der Waals surface area contributed by atoms with Gasteiger partial charge in [0.1, 0.15) is 12.1 Å². The Bertz CT molecular complexity index is 1220. The van der Waals surface area contributed by atoms with Gasteiger partial charge in [-0.15, -0.1) is 0 Å². The molecule has 0 saturated carbocycles. The lowest BCUT2D eigenvalue weighted by Crippen LogP contribution is -2.35. The molecule has 9 heteroatoms. The average molecular weight is 422 g/mol. The summed E-state index contributed by atoms with van der Waals surface area (Å²) in [5.74, 6) is -0.636. The maximum atomic E-state index is 13.3. The Morgan fingerprint density at radius 2 is 1.74 bits per heavy atom. The quantitative estimate of drug-likeness (QED) is 0.674. The Balaban J connectivity index is 1.95. The molecule has 1 fully saturated rings. The Labute approximate surface area is 179 Å². The second-order valence-corrected chi connectivity index (χ2v) is 8.22. The van der Waals surface area contributed by atoms with E-state index in [1.807, 2.05) is 45.0 Å². The highest BCUT2D eigenvalue weighted by atomic mass is 16.2. The average Bonchev–Trinajstić information content (AvgIpc) is 3.35. The summed E-state index contributed by atoms with van der Waals surface area (Å²) in [6, 6.07) is 7.31. The van der Waals surface area contributed by atoms with Gasteiger partial charge in [-0.25, -0.2) is 14.8 Å². The fraction of sp³-hybridized carbons (Fsp3) is 0.409. The Morgan fingerprint density at radius 3 is 2.32 bits per heavy atom. The molecular weight excluding hydrogens is 396 g/mol. The number of benzene rings is 1. The van der Waals surface area contributed by atoms with Crippen LogP contribution < -0.4 is 11.4 Å². The van der Waals surface area contributed by atoms with E-state index >= 15 is 0 Å². The number of carbonyl (C=O) groups excluding carboxylic acids is 2. The zero-order valence-corrected chi connectivity index (χ0v) is 18.0. The summed E-state index contributed by atoms with van der Waals surface area (Å²) in [6.07, 6.45) is 1.90. The van der Waals surface area contributed by atoms with Crippen LogP contribution in [-0.2, 0) is 11.3 Å². The summed E-state index contributed by atoms with van der Waals surface area (Å²) >= 11 is 0. The molecule has 2 amide bonds. The van der Waals surface area contributed by atoms with Crippen molar-refractivity contribution in [1.29, 1.82) is 0 Å². The molecule has 162 valence electrons. The molecule has 31 heavy (non-hydrogen) atoms. The van der Waals surface area contributed by atoms with Crippen LogP contribution in [0.1, 0.15) is 48.8 Å². The van der Waals surface area contributed by atoms with E-state index in [0.717, 1.165) is 18.4 Å². The predicted octanol–water partition coefficient (Wildman–Crippen LogP) is 1.87. The van der Waals surface area contributed by atoms with Gasteiger partial charge in [-0.3, -0.25) is 18.7 Å². The number of aromatic nitrogens is 4. The van der Waals surface area contributed by atoms with Crippen LogP contribution in [0.25, 0.3) is 22.6 Å². The number of nitrogens with zero attached hydrogens (tertiary/aromatic N) is 5. The number of hydrogen-bond donors (Lipinski definition) is 1. The second kappa shape index (κ2) is 7.98. The fourth-order valence-electron chi connectivity index (χ4n) is 3.99. The van der Waals surface area contributed by atoms with Crippen molar-refractivity contribution in [3.8, 4) is 11.4 Å². The molecule has 1 aliphatic rings. The summed E-state index contributed by atoms with van der Waals surface area (Å²) in [6.45, 7) is 6.84. The number of likely N-dealkylation sites (tertiary alicyclic amines) is 1. The van der Waals surface area contributed by atoms with Gasteiger partial charge in [-0.05, 0) is 33.6 Å². The smallest absolute Gasteiger partial charge is 0.331 e. The summed E-state index contributed by atoms with van der Waals surface area (Å²) in [4.78, 5) is 49.2. The van der Waals surface area contributed by atoms with Gasteiger partial charge >= 0.3 is 5.69 Å². The summed E-state index contributed by atoms with van der Waals surface area (Å²) in [5, 5.41) is 0. The van der Waals surface area contributed by atoms with Gasteiger partial charge in [-0.2, -0.15) is 0 Å². The van der Waals surface area contributed by atoms with Gasteiger partial charge in [-0.1, -0.05) is 29.8 Å². The van der Waals surface area contributed by atoms with Crippen LogP contribution in [0.2, 0.25) is 0 Å². The number of imidazole rings is 1. The van der Waals surface area contributed by atoms with E-state index in [9.17, 15) is 14.4 Å². The number of rotatable bonds is 5. The molecule has 0 atom stereocenters. The van der Waals surface area contributed by atoms with Gasteiger partial charge < -0.3 is 10.6 Å². The zero-order valence-electron chi connectivity index (χ0n) is 18.0. The Kier molecular flexibility index (Phi) is 5.34. The molecule has 0 bridgehead atoms. The third-order valence-electron chi connectivity index (χ3n) is 5.61. The van der Waals surface area contributed by atoms with Crippen molar-refractivity contribution < 1.29 is 9.59 Å². The van der Waals surface area contributed by atoms with Crippen molar-refractivity contribution in [3.05, 3.63) is 46.0 Å². The van der Waals surface area contributed by atoms with Crippen LogP contribution in [-0.4, -0.2) is 48.9 Å². The Morgan fingerprint density at radius 1 is 1.10 bits per heavy atom. The first-order valence-corrected chi connectivity index (χ1v) is 10.5. The lowest BCUT2D eigenvalue weighted by molar-refractivity contribution is -0.130. The molecule has 3 aromatic rings. The van der Waals surface area contributed by atoms with E-state index in [-0.39, 0.29) is 29.7 Å². The number of amides is 2. The first-order chi connectivity index (χ1) is 14.8. The van der Waals surface area contributed by atoms with Gasteiger partial charge in [0.05, 0.1) is 0 Å². The molecule has 1 aromatic carbocycles. The summed E-state index contributed by atoms with van der Waals surface area (Å²) < 4.78 is 2.77. The molecule has 1 saturated heterocycles. The standard InChI is InChI=1S/C22H26N6O3/c1-13(2)28-21-18(27(22(28)31)12-16(29)26-10-4-5-11-26)17(19(23)30)24-20(25-21)15-8-6-14(3)7-9-15/h6-9,13H,4-5,10-12H2,1-3H3,(H2,23,30). The Hall–Kier alpha value is -3.49. The monoisotopic (exact) mass is 422 g/mol. The van der Waals surface area contributed by atoms with Crippen molar-refractivity contribution in [2.45, 2.75) is 46.2 Å². The minimum Gasteiger partial charge on any atom is -0.364 e. The minimum absolute atomic E-state index is 0.0636. The summed E-state index contributed by atoms with van der Waals surface area (Å²) in [7, 11) is 0. The highest BCUT2D eigenvalue weighted by molar-refractivity contribution is 6.02. The van der Waals surface area contributed by atoms with Gasteiger partial charge in [0.15, 0.2) is 17.2 Å². The second-order valence-electron chi connectivity index (χ2n) is 8.22. The number of aryl methyl sites for hydroxylation is 1. The van der Waals surface area contributed by atoms with E-state index in [0.29, 0.717) is 30.1 Å². The molecule has 1 aliphatic heterocycles. The molecule has 0 aliphatic carbocycles. The van der Waals surface area contributed by atoms with Crippen molar-refractivity contribution in [3.63, 3.8) is 0 Å². The third kappa shape index (κ3) is 3.71. The molecule has 4 rings (SSSR count). The van der Waals surface area contributed by atoms with Crippen molar-refractivity contribution >= 4 is 23.0 Å². The maximum absolute atomic E-state index is 13.3. The largest absolute Gasteiger partial charge is 0.364 e. The van der Waals surface area contributed by atoms with Crippen LogP contribution in [0.5, 0.6) is 0 Å². The third-order valence-corrected chi connectivity index (χ3v) is 5.61. The normalized spacial score (nSPS) is 14.0. The first-order valence-electron chi connectivity index (χ1n) is 10.5. The van der Waals surface area contributed by atoms with E-state index in [1.54, 1.807) is 4.90 Å². The van der Waals surface area contributed by atoms with Crippen molar-refractivity contribution in [2.75, 3.05) is 13.1 Å². The topological polar surface area (TPSA) is 116 Å². The van der Waals surface area contributed by atoms with Crippen LogP contribution >= 0.6 is 0 Å². The fourth-order valence-corrected chi connectivity index (χ4v) is 3.99. The molecule has 3 heterocycles. The van der Waals surface area contributed by atoms with E-state index in [1.165, 1.54) is 9.13 Å². The van der Waals surface area contributed by atoms with Crippen molar-refractivity contribution in [2.24, 2.45) is 5.73 Å². The molecule has 0 radical (unpaired) electrons. The lowest BCUT2D eigenvalue weighted by atomic mass is 10.1. The van der Waals surface area contributed by atoms with Crippen LogP contribution in [0, 0.1) is 6.92 Å². The van der Waals surface area contributed by atoms with Gasteiger partial charge in [0, 0.05) is 24.7 Å². The van der Waals surface area contributed by atoms with Crippen LogP contribution in [0.15, 0.2) is 29.1 Å². The minimum atomic E-state index is -0.774. The molecule has 0 unspecified atom stereocenters. The molecule has 0 spiro atoms. The number of primary amides is 1. The maximum Gasteiger partial charge on any atom is 0.331 e. The van der Waals surface area contributed by atoms with Gasteiger partial charge in [0.25, 0.3) is 5.91 Å².